The standard InChI is InChI=1S/C13H15NO2S/c1-11-7-9-13(10-8-11)17(15,16)14-12-5-3-2-4-6-12/h2-7,9,14H,8,10H2,1H3. The van der Waals surface area contributed by atoms with E-state index in [-0.39, 0.29) is 0 Å². The lowest BCUT2D eigenvalue weighted by Crippen LogP contribution is -2.16. The molecule has 0 atom stereocenters. The highest BCUT2D eigenvalue weighted by atomic mass is 32.2. The molecule has 3 nitrogen and oxygen atoms in total. The van der Waals surface area contributed by atoms with Crippen LogP contribution in [0, 0.1) is 0 Å². The van der Waals surface area contributed by atoms with Gasteiger partial charge in [-0.15, -0.1) is 0 Å². The number of para-hydroxylation sites is 1. The average molecular weight is 249 g/mol. The van der Waals surface area contributed by atoms with Crippen molar-refractivity contribution >= 4 is 15.7 Å². The van der Waals surface area contributed by atoms with Crippen molar-refractivity contribution in [3.8, 4) is 0 Å². The number of hydrogen-bond acceptors (Lipinski definition) is 2. The maximum Gasteiger partial charge on any atom is 0.258 e. The van der Waals surface area contributed by atoms with Gasteiger partial charge in [0, 0.05) is 5.69 Å². The van der Waals surface area contributed by atoms with Crippen molar-refractivity contribution < 1.29 is 8.42 Å². The summed E-state index contributed by atoms with van der Waals surface area (Å²) in [4.78, 5) is 0.451. The Morgan fingerprint density at radius 2 is 1.76 bits per heavy atom. The fraction of sp³-hybridized carbons (Fsp3) is 0.231. The second-order valence-electron chi connectivity index (χ2n) is 4.12. The molecule has 0 aliphatic heterocycles. The van der Waals surface area contributed by atoms with Gasteiger partial charge in [0.1, 0.15) is 0 Å². The lowest BCUT2D eigenvalue weighted by atomic mass is 10.1. The largest absolute Gasteiger partial charge is 0.280 e. The summed E-state index contributed by atoms with van der Waals surface area (Å²) in [6, 6.07) is 8.93. The maximum atomic E-state index is 12.1. The minimum atomic E-state index is -3.39. The van der Waals surface area contributed by atoms with Gasteiger partial charge in [0.25, 0.3) is 10.0 Å². The van der Waals surface area contributed by atoms with Crippen molar-refractivity contribution in [2.45, 2.75) is 19.8 Å². The molecule has 1 aliphatic rings. The van der Waals surface area contributed by atoms with Crippen LogP contribution in [0.25, 0.3) is 0 Å². The molecule has 0 radical (unpaired) electrons. The highest BCUT2D eigenvalue weighted by Crippen LogP contribution is 2.23. The van der Waals surface area contributed by atoms with Crippen molar-refractivity contribution in [3.05, 3.63) is 53.0 Å². The highest BCUT2D eigenvalue weighted by molar-refractivity contribution is 7.96. The molecule has 1 aromatic carbocycles. The molecule has 0 aromatic heterocycles. The van der Waals surface area contributed by atoms with Gasteiger partial charge in [0.05, 0.1) is 4.91 Å². The van der Waals surface area contributed by atoms with Crippen molar-refractivity contribution in [1.29, 1.82) is 0 Å². The summed E-state index contributed by atoms with van der Waals surface area (Å²) in [5.41, 5.74) is 1.81. The zero-order valence-corrected chi connectivity index (χ0v) is 10.5. The number of hydrogen-bond donors (Lipinski definition) is 1. The Kier molecular flexibility index (Phi) is 3.33. The summed E-state index contributed by atoms with van der Waals surface area (Å²) < 4.78 is 26.7. The van der Waals surface area contributed by atoms with Gasteiger partial charge in [-0.05, 0) is 38.0 Å². The molecule has 0 saturated carbocycles. The Balaban J connectivity index is 2.21. The number of rotatable bonds is 3. The lowest BCUT2D eigenvalue weighted by molar-refractivity contribution is 0.604. The van der Waals surface area contributed by atoms with E-state index in [9.17, 15) is 8.42 Å². The van der Waals surface area contributed by atoms with Crippen LogP contribution in [0.3, 0.4) is 0 Å². The minimum Gasteiger partial charge on any atom is -0.280 e. The first-order valence-electron chi connectivity index (χ1n) is 5.52. The molecule has 0 saturated heterocycles. The lowest BCUT2D eigenvalue weighted by Gasteiger charge is -2.14. The Morgan fingerprint density at radius 1 is 1.06 bits per heavy atom. The number of anilines is 1. The van der Waals surface area contributed by atoms with Crippen LogP contribution in [0.15, 0.2) is 53.0 Å². The molecule has 4 heteroatoms. The molecule has 17 heavy (non-hydrogen) atoms. The predicted octanol–water partition coefficient (Wildman–Crippen LogP) is 3.05. The van der Waals surface area contributed by atoms with Gasteiger partial charge in [-0.3, -0.25) is 4.72 Å². The fourth-order valence-corrected chi connectivity index (χ4v) is 2.87. The summed E-state index contributed by atoms with van der Waals surface area (Å²) in [5, 5.41) is 0. The molecule has 1 aliphatic carbocycles. The van der Waals surface area contributed by atoms with Gasteiger partial charge in [-0.25, -0.2) is 8.42 Å². The molecule has 1 N–H and O–H groups in total. The van der Waals surface area contributed by atoms with Crippen LogP contribution in [0.5, 0.6) is 0 Å². The molecular formula is C13H15NO2S. The third-order valence-corrected chi connectivity index (χ3v) is 4.23. The normalized spacial score (nSPS) is 16.1. The average Bonchev–Trinajstić information content (AvgIpc) is 2.30. The summed E-state index contributed by atoms with van der Waals surface area (Å²) in [5.74, 6) is 0. The van der Waals surface area contributed by atoms with E-state index in [1.165, 1.54) is 5.57 Å². The number of sulfonamides is 1. The van der Waals surface area contributed by atoms with E-state index in [1.807, 2.05) is 19.1 Å². The van der Waals surface area contributed by atoms with Crippen LogP contribution in [0.4, 0.5) is 5.69 Å². The fourth-order valence-electron chi connectivity index (χ4n) is 1.67. The quantitative estimate of drug-likeness (QED) is 0.895. The first-order valence-corrected chi connectivity index (χ1v) is 7.00. The van der Waals surface area contributed by atoms with Gasteiger partial charge in [-0.1, -0.05) is 29.8 Å². The van der Waals surface area contributed by atoms with E-state index < -0.39 is 10.0 Å². The molecule has 0 unspecified atom stereocenters. The van der Waals surface area contributed by atoms with Gasteiger partial charge >= 0.3 is 0 Å². The van der Waals surface area contributed by atoms with Crippen LogP contribution in [-0.4, -0.2) is 8.42 Å². The van der Waals surface area contributed by atoms with Crippen LogP contribution in [0.2, 0.25) is 0 Å². The number of allylic oxidation sites excluding steroid dienone is 4. The highest BCUT2D eigenvalue weighted by Gasteiger charge is 2.18. The Morgan fingerprint density at radius 3 is 2.35 bits per heavy atom. The van der Waals surface area contributed by atoms with Gasteiger partial charge in [-0.2, -0.15) is 0 Å². The summed E-state index contributed by atoms with van der Waals surface area (Å²) in [7, 11) is -3.39. The van der Waals surface area contributed by atoms with Crippen molar-refractivity contribution in [2.24, 2.45) is 0 Å². The smallest absolute Gasteiger partial charge is 0.258 e. The Hall–Kier alpha value is -1.55. The summed E-state index contributed by atoms with van der Waals surface area (Å²) in [6.07, 6.45) is 4.93. The van der Waals surface area contributed by atoms with E-state index >= 15 is 0 Å². The second-order valence-corrected chi connectivity index (χ2v) is 5.85. The molecule has 0 heterocycles. The van der Waals surface area contributed by atoms with Crippen LogP contribution >= 0.6 is 0 Å². The molecular weight excluding hydrogens is 234 g/mol. The van der Waals surface area contributed by atoms with E-state index in [4.69, 9.17) is 0 Å². The molecule has 2 rings (SSSR count). The van der Waals surface area contributed by atoms with Gasteiger partial charge in [0.15, 0.2) is 0 Å². The number of benzene rings is 1. The van der Waals surface area contributed by atoms with Crippen LogP contribution in [-0.2, 0) is 10.0 Å². The second kappa shape index (κ2) is 4.75. The van der Waals surface area contributed by atoms with E-state index in [0.29, 0.717) is 17.0 Å². The van der Waals surface area contributed by atoms with Crippen LogP contribution < -0.4 is 4.72 Å². The molecule has 0 amide bonds. The van der Waals surface area contributed by atoms with Crippen molar-refractivity contribution in [2.75, 3.05) is 4.72 Å². The van der Waals surface area contributed by atoms with Crippen molar-refractivity contribution in [1.82, 2.24) is 0 Å². The molecule has 1 aromatic rings. The molecule has 0 spiro atoms. The minimum absolute atomic E-state index is 0.451. The van der Waals surface area contributed by atoms with E-state index in [1.54, 1.807) is 30.3 Å². The predicted molar refractivity (Wildman–Crippen MR) is 70.1 cm³/mol. The van der Waals surface area contributed by atoms with Gasteiger partial charge < -0.3 is 0 Å². The third kappa shape index (κ3) is 2.97. The first-order chi connectivity index (χ1) is 8.08. The number of nitrogens with one attached hydrogen (secondary N) is 1. The Labute approximate surface area is 102 Å². The van der Waals surface area contributed by atoms with E-state index in [2.05, 4.69) is 4.72 Å². The van der Waals surface area contributed by atoms with Crippen LogP contribution in [0.1, 0.15) is 19.8 Å². The maximum absolute atomic E-state index is 12.1. The SMILES string of the molecule is CC1=CC=C(S(=O)(=O)Nc2ccccc2)CC1. The molecule has 90 valence electrons. The monoisotopic (exact) mass is 249 g/mol. The summed E-state index contributed by atoms with van der Waals surface area (Å²) in [6.45, 7) is 2.00. The first kappa shape index (κ1) is 11.9. The van der Waals surface area contributed by atoms with Gasteiger partial charge in [0.2, 0.25) is 0 Å². The Bertz CT molecular complexity index is 556. The van der Waals surface area contributed by atoms with Crippen molar-refractivity contribution in [3.63, 3.8) is 0 Å². The molecule has 0 bridgehead atoms. The summed E-state index contributed by atoms with van der Waals surface area (Å²) >= 11 is 0. The molecule has 0 fully saturated rings. The zero-order valence-electron chi connectivity index (χ0n) is 9.68. The third-order valence-electron chi connectivity index (χ3n) is 2.69. The topological polar surface area (TPSA) is 46.2 Å². The zero-order chi connectivity index (χ0) is 12.3. The van der Waals surface area contributed by atoms with E-state index in [0.717, 1.165) is 6.42 Å².